The normalized spacial score (nSPS) is 17.2. The molecule has 0 unspecified atom stereocenters. The maximum Gasteiger partial charge on any atom is 0.275 e. The van der Waals surface area contributed by atoms with Crippen LogP contribution < -0.4 is 10.5 Å². The molecule has 0 saturated carbocycles. The minimum Gasteiger partial charge on any atom is -0.362 e. The lowest BCUT2D eigenvalue weighted by atomic mass is 10.1. The summed E-state index contributed by atoms with van der Waals surface area (Å²) in [5.74, 6) is 0. The Morgan fingerprint density at radius 3 is 3.05 bits per heavy atom. The van der Waals surface area contributed by atoms with Crippen LogP contribution in [-0.4, -0.2) is 20.6 Å². The smallest absolute Gasteiger partial charge is 0.275 e. The third-order valence-electron chi connectivity index (χ3n) is 4.08. The van der Waals surface area contributed by atoms with E-state index in [9.17, 15) is 4.79 Å². The van der Waals surface area contributed by atoms with Crippen molar-refractivity contribution < 1.29 is 0 Å². The fourth-order valence-electron chi connectivity index (χ4n) is 3.08. The van der Waals surface area contributed by atoms with Gasteiger partial charge < -0.3 is 4.90 Å². The van der Waals surface area contributed by atoms with Gasteiger partial charge in [0.2, 0.25) is 4.96 Å². The number of aryl methyl sites for hydroxylation is 1. The van der Waals surface area contributed by atoms with Crippen molar-refractivity contribution in [1.29, 1.82) is 0 Å². The van der Waals surface area contributed by atoms with Crippen LogP contribution in [0, 0.1) is 6.92 Å². The fraction of sp³-hybridized carbons (Fsp3) is 0.312. The molecule has 1 atom stereocenters. The average Bonchev–Trinajstić information content (AvgIpc) is 3.00. The number of hydrogen-bond acceptors (Lipinski definition) is 5. The van der Waals surface area contributed by atoms with Crippen molar-refractivity contribution in [2.75, 3.05) is 4.90 Å². The van der Waals surface area contributed by atoms with Crippen molar-refractivity contribution in [3.05, 3.63) is 57.0 Å². The number of rotatable bonds is 2. The summed E-state index contributed by atoms with van der Waals surface area (Å²) >= 11 is 1.45. The zero-order valence-electron chi connectivity index (χ0n) is 12.5. The van der Waals surface area contributed by atoms with Crippen molar-refractivity contribution in [3.8, 4) is 0 Å². The van der Waals surface area contributed by atoms with Gasteiger partial charge in [-0.25, -0.2) is 4.98 Å². The molecule has 3 heterocycles. The van der Waals surface area contributed by atoms with Crippen molar-refractivity contribution >= 4 is 22.0 Å². The number of fused-ring (bicyclic) bond motifs is 2. The van der Waals surface area contributed by atoms with Crippen molar-refractivity contribution in [3.63, 3.8) is 0 Å². The number of benzene rings is 1. The Morgan fingerprint density at radius 1 is 1.36 bits per heavy atom. The minimum absolute atomic E-state index is 0.107. The number of aromatic nitrogens is 3. The largest absolute Gasteiger partial charge is 0.362 e. The zero-order valence-corrected chi connectivity index (χ0v) is 13.3. The lowest BCUT2D eigenvalue weighted by molar-refractivity contribution is 0.663. The molecule has 1 aliphatic heterocycles. The van der Waals surface area contributed by atoms with Crippen molar-refractivity contribution in [2.24, 2.45) is 0 Å². The average molecular weight is 312 g/mol. The van der Waals surface area contributed by atoms with Crippen molar-refractivity contribution in [1.82, 2.24) is 14.6 Å². The van der Waals surface area contributed by atoms with Crippen LogP contribution in [0.1, 0.15) is 23.2 Å². The molecule has 0 fully saturated rings. The predicted octanol–water partition coefficient (Wildman–Crippen LogP) is 2.41. The highest BCUT2D eigenvalue weighted by atomic mass is 32.1. The quantitative estimate of drug-likeness (QED) is 0.729. The second-order valence-corrected chi connectivity index (χ2v) is 6.87. The molecule has 0 amide bonds. The molecule has 0 saturated heterocycles. The molecule has 5 nitrogen and oxygen atoms in total. The Labute approximate surface area is 131 Å². The summed E-state index contributed by atoms with van der Waals surface area (Å²) in [4.78, 5) is 19.8. The van der Waals surface area contributed by atoms with E-state index >= 15 is 0 Å². The molecule has 0 radical (unpaired) electrons. The Hall–Kier alpha value is -2.21. The minimum atomic E-state index is -0.107. The highest BCUT2D eigenvalue weighted by Crippen LogP contribution is 2.32. The van der Waals surface area contributed by atoms with Crippen LogP contribution >= 0.6 is 11.3 Å². The Morgan fingerprint density at radius 2 is 2.18 bits per heavy atom. The van der Waals surface area contributed by atoms with Gasteiger partial charge in [-0.2, -0.15) is 9.61 Å². The van der Waals surface area contributed by atoms with Crippen LogP contribution in [0.15, 0.2) is 35.1 Å². The Balaban J connectivity index is 1.73. The summed E-state index contributed by atoms with van der Waals surface area (Å²) < 4.78 is 1.38. The highest BCUT2D eigenvalue weighted by Gasteiger charge is 2.26. The molecule has 1 aromatic carbocycles. The van der Waals surface area contributed by atoms with Crippen LogP contribution in [0.2, 0.25) is 0 Å². The first-order valence-corrected chi connectivity index (χ1v) is 8.14. The Kier molecular flexibility index (Phi) is 3.00. The second-order valence-electron chi connectivity index (χ2n) is 5.71. The van der Waals surface area contributed by atoms with Gasteiger partial charge in [-0.3, -0.25) is 4.79 Å². The molecule has 3 aromatic rings. The van der Waals surface area contributed by atoms with E-state index in [2.05, 4.69) is 46.2 Å². The molecule has 4 rings (SSSR count). The summed E-state index contributed by atoms with van der Waals surface area (Å²) in [5, 5.41) is 5.03. The molecule has 0 spiro atoms. The molecule has 6 heteroatoms. The number of hydrogen-bond donors (Lipinski definition) is 0. The molecule has 2 aromatic heterocycles. The van der Waals surface area contributed by atoms with E-state index in [-0.39, 0.29) is 5.56 Å². The van der Waals surface area contributed by atoms with Gasteiger partial charge >= 0.3 is 0 Å². The van der Waals surface area contributed by atoms with Crippen LogP contribution in [0.5, 0.6) is 0 Å². The summed E-state index contributed by atoms with van der Waals surface area (Å²) in [5.41, 5.74) is 3.31. The van der Waals surface area contributed by atoms with E-state index in [0.717, 1.165) is 17.1 Å². The third kappa shape index (κ3) is 2.11. The van der Waals surface area contributed by atoms with Gasteiger partial charge in [-0.05, 0) is 31.9 Å². The molecule has 0 aliphatic carbocycles. The molecule has 1 aliphatic rings. The van der Waals surface area contributed by atoms with Gasteiger partial charge in [0.05, 0.1) is 12.2 Å². The standard InChI is InChI=1S/C16H16N4OS/c1-10-7-12-5-3-4-6-14(12)19(10)9-13-8-15(21)20-16(17-13)22-11(2)18-20/h3-6,8,10H,7,9H2,1-2H3/t10-/m1/s1. The first-order valence-electron chi connectivity index (χ1n) is 7.33. The summed E-state index contributed by atoms with van der Waals surface area (Å²) in [6, 6.07) is 10.5. The van der Waals surface area contributed by atoms with Gasteiger partial charge in [0.25, 0.3) is 5.56 Å². The lowest BCUT2D eigenvalue weighted by Crippen LogP contribution is -2.30. The molecular formula is C16H16N4OS. The number of nitrogens with zero attached hydrogens (tertiary/aromatic N) is 4. The SMILES string of the molecule is Cc1nn2c(=O)cc(CN3c4ccccc4C[C@H]3C)nc2s1. The molecular weight excluding hydrogens is 296 g/mol. The van der Waals surface area contributed by atoms with E-state index in [4.69, 9.17) is 0 Å². The van der Waals surface area contributed by atoms with Gasteiger partial charge in [0.1, 0.15) is 5.01 Å². The second kappa shape index (κ2) is 4.91. The first-order chi connectivity index (χ1) is 10.6. The van der Waals surface area contributed by atoms with E-state index < -0.39 is 0 Å². The maximum atomic E-state index is 12.2. The van der Waals surface area contributed by atoms with Gasteiger partial charge in [-0.1, -0.05) is 29.5 Å². The topological polar surface area (TPSA) is 50.5 Å². The lowest BCUT2D eigenvalue weighted by Gasteiger charge is -2.24. The van der Waals surface area contributed by atoms with Crippen LogP contribution in [0.3, 0.4) is 0 Å². The monoisotopic (exact) mass is 312 g/mol. The van der Waals surface area contributed by atoms with E-state index in [0.29, 0.717) is 17.5 Å². The van der Waals surface area contributed by atoms with Gasteiger partial charge in [0, 0.05) is 17.8 Å². The summed E-state index contributed by atoms with van der Waals surface area (Å²) in [6.07, 6.45) is 1.04. The van der Waals surface area contributed by atoms with E-state index in [1.807, 2.05) is 6.92 Å². The summed E-state index contributed by atoms with van der Waals surface area (Å²) in [7, 11) is 0. The maximum absolute atomic E-state index is 12.2. The molecule has 0 bridgehead atoms. The highest BCUT2D eigenvalue weighted by molar-refractivity contribution is 7.16. The Bertz CT molecular complexity index is 914. The van der Waals surface area contributed by atoms with Gasteiger partial charge in [0.15, 0.2) is 0 Å². The predicted molar refractivity (Wildman–Crippen MR) is 87.7 cm³/mol. The first kappa shape index (κ1) is 13.5. The van der Waals surface area contributed by atoms with Crippen molar-refractivity contribution in [2.45, 2.75) is 32.9 Å². The van der Waals surface area contributed by atoms with Crippen LogP contribution in [0.25, 0.3) is 4.96 Å². The summed E-state index contributed by atoms with van der Waals surface area (Å²) in [6.45, 7) is 4.75. The van der Waals surface area contributed by atoms with Crippen LogP contribution in [-0.2, 0) is 13.0 Å². The molecule has 112 valence electrons. The zero-order chi connectivity index (χ0) is 15.3. The fourth-order valence-corrected chi connectivity index (χ4v) is 3.84. The molecule has 0 N–H and O–H groups in total. The van der Waals surface area contributed by atoms with Gasteiger partial charge in [-0.15, -0.1) is 0 Å². The van der Waals surface area contributed by atoms with E-state index in [1.54, 1.807) is 6.07 Å². The number of para-hydroxylation sites is 1. The molecule has 22 heavy (non-hydrogen) atoms. The van der Waals surface area contributed by atoms with E-state index in [1.165, 1.54) is 27.1 Å². The third-order valence-corrected chi connectivity index (χ3v) is 4.90. The number of anilines is 1. The van der Waals surface area contributed by atoms with Crippen LogP contribution in [0.4, 0.5) is 5.69 Å².